The fourth-order valence-corrected chi connectivity index (χ4v) is 2.25. The van der Waals surface area contributed by atoms with Crippen LogP contribution in [0.3, 0.4) is 0 Å². The van der Waals surface area contributed by atoms with Crippen molar-refractivity contribution in [2.24, 2.45) is 0 Å². The van der Waals surface area contributed by atoms with Crippen LogP contribution in [-0.4, -0.2) is 41.9 Å². The molecule has 0 aromatic carbocycles. The Hall–Kier alpha value is -0.770. The molecule has 2 aliphatic rings. The first kappa shape index (κ1) is 14.3. The second-order valence-corrected chi connectivity index (χ2v) is 5.23. The number of likely N-dealkylation sites (tertiary alicyclic amines) is 1. The van der Waals surface area contributed by atoms with Crippen molar-refractivity contribution < 1.29 is 14.3 Å². The number of carbonyl (C=O) groups is 1. The van der Waals surface area contributed by atoms with Gasteiger partial charge in [-0.05, 0) is 33.6 Å². The molecule has 2 fully saturated rings. The molecule has 1 amide bonds. The van der Waals surface area contributed by atoms with Gasteiger partial charge in [0.05, 0.1) is 12.1 Å². The Labute approximate surface area is 104 Å². The lowest BCUT2D eigenvalue weighted by Gasteiger charge is -2.27. The molecular formula is C13H25NO3. The van der Waals surface area contributed by atoms with E-state index in [1.165, 1.54) is 0 Å². The van der Waals surface area contributed by atoms with E-state index in [0.717, 1.165) is 26.0 Å². The van der Waals surface area contributed by atoms with Crippen molar-refractivity contribution in [3.63, 3.8) is 0 Å². The summed E-state index contributed by atoms with van der Waals surface area (Å²) in [4.78, 5) is 13.7. The van der Waals surface area contributed by atoms with E-state index in [0.29, 0.717) is 0 Å². The Morgan fingerprint density at radius 3 is 2.53 bits per heavy atom. The number of nitrogens with zero attached hydrogens (tertiary/aromatic N) is 1. The number of carbonyl (C=O) groups excluding carboxylic acids is 1. The zero-order chi connectivity index (χ0) is 13.1. The van der Waals surface area contributed by atoms with Crippen LogP contribution in [0.2, 0.25) is 0 Å². The van der Waals surface area contributed by atoms with Gasteiger partial charge in [-0.15, -0.1) is 0 Å². The van der Waals surface area contributed by atoms with Crippen LogP contribution in [0, 0.1) is 0 Å². The summed E-state index contributed by atoms with van der Waals surface area (Å²) in [6, 6.07) is 0.250. The van der Waals surface area contributed by atoms with Gasteiger partial charge in [-0.25, -0.2) is 4.79 Å². The largest absolute Gasteiger partial charge is 0.444 e. The normalized spacial score (nSPS) is 27.2. The number of rotatable bonds is 0. The summed E-state index contributed by atoms with van der Waals surface area (Å²) < 4.78 is 10.9. The maximum atomic E-state index is 11.9. The SMILES string of the molecule is CC.CC(C)(C)OC(=O)N1CCC2OCCC21. The first-order chi connectivity index (χ1) is 7.97. The minimum atomic E-state index is -0.408. The molecule has 2 atom stereocenters. The average molecular weight is 243 g/mol. The Morgan fingerprint density at radius 1 is 1.29 bits per heavy atom. The highest BCUT2D eigenvalue weighted by Crippen LogP contribution is 2.30. The summed E-state index contributed by atoms with van der Waals surface area (Å²) in [6.07, 6.45) is 1.95. The summed E-state index contributed by atoms with van der Waals surface area (Å²) in [5, 5.41) is 0. The molecular weight excluding hydrogens is 218 g/mol. The van der Waals surface area contributed by atoms with Gasteiger partial charge in [0.2, 0.25) is 0 Å². The van der Waals surface area contributed by atoms with Gasteiger partial charge in [0.1, 0.15) is 5.60 Å². The maximum Gasteiger partial charge on any atom is 0.410 e. The van der Waals surface area contributed by atoms with Gasteiger partial charge in [0, 0.05) is 13.2 Å². The zero-order valence-electron chi connectivity index (χ0n) is 11.7. The fraction of sp³-hybridized carbons (Fsp3) is 0.923. The molecule has 4 heteroatoms. The summed E-state index contributed by atoms with van der Waals surface area (Å²) in [5.41, 5.74) is -0.408. The third kappa shape index (κ3) is 3.60. The number of hydrogen-bond acceptors (Lipinski definition) is 3. The molecule has 0 aromatic rings. The smallest absolute Gasteiger partial charge is 0.410 e. The third-order valence-corrected chi connectivity index (χ3v) is 2.86. The molecule has 0 saturated carbocycles. The molecule has 2 rings (SSSR count). The maximum absolute atomic E-state index is 11.9. The van der Waals surface area contributed by atoms with Crippen LogP contribution in [0.5, 0.6) is 0 Å². The predicted molar refractivity (Wildman–Crippen MR) is 67.1 cm³/mol. The van der Waals surface area contributed by atoms with Crippen LogP contribution < -0.4 is 0 Å². The van der Waals surface area contributed by atoms with Gasteiger partial charge in [-0.3, -0.25) is 0 Å². The number of hydrogen-bond donors (Lipinski definition) is 0. The molecule has 100 valence electrons. The van der Waals surface area contributed by atoms with Crippen molar-refractivity contribution >= 4 is 6.09 Å². The summed E-state index contributed by atoms with van der Waals surface area (Å²) in [7, 11) is 0. The minimum Gasteiger partial charge on any atom is -0.444 e. The number of fused-ring (bicyclic) bond motifs is 1. The number of amides is 1. The molecule has 2 aliphatic heterocycles. The highest BCUT2D eigenvalue weighted by molar-refractivity contribution is 5.69. The van der Waals surface area contributed by atoms with Gasteiger partial charge < -0.3 is 14.4 Å². The van der Waals surface area contributed by atoms with Gasteiger partial charge in [-0.2, -0.15) is 0 Å². The summed E-state index contributed by atoms with van der Waals surface area (Å²) in [5.74, 6) is 0. The minimum absolute atomic E-state index is 0.194. The van der Waals surface area contributed by atoms with Crippen LogP contribution in [0.25, 0.3) is 0 Å². The molecule has 2 heterocycles. The predicted octanol–water partition coefficient (Wildman–Crippen LogP) is 2.81. The van der Waals surface area contributed by atoms with Crippen molar-refractivity contribution in [1.29, 1.82) is 0 Å². The first-order valence-corrected chi connectivity index (χ1v) is 6.58. The van der Waals surface area contributed by atoms with Crippen molar-refractivity contribution in [1.82, 2.24) is 4.90 Å². The topological polar surface area (TPSA) is 38.8 Å². The van der Waals surface area contributed by atoms with Crippen LogP contribution in [0.1, 0.15) is 47.5 Å². The van der Waals surface area contributed by atoms with E-state index >= 15 is 0 Å². The molecule has 0 spiro atoms. The summed E-state index contributed by atoms with van der Waals surface area (Å²) >= 11 is 0. The molecule has 0 N–H and O–H groups in total. The van der Waals surface area contributed by atoms with Crippen molar-refractivity contribution in [2.45, 2.75) is 65.2 Å². The molecule has 0 aliphatic carbocycles. The Morgan fingerprint density at radius 2 is 1.94 bits per heavy atom. The lowest BCUT2D eigenvalue weighted by Crippen LogP contribution is -2.41. The van der Waals surface area contributed by atoms with Crippen molar-refractivity contribution in [3.8, 4) is 0 Å². The first-order valence-electron chi connectivity index (χ1n) is 6.58. The zero-order valence-corrected chi connectivity index (χ0v) is 11.7. The molecule has 2 unspecified atom stereocenters. The molecule has 4 nitrogen and oxygen atoms in total. The van der Waals surface area contributed by atoms with E-state index < -0.39 is 5.60 Å². The molecule has 0 radical (unpaired) electrons. The Bertz CT molecular complexity index is 260. The Kier molecular flexibility index (Phi) is 4.80. The molecule has 2 saturated heterocycles. The molecule has 0 bridgehead atoms. The van der Waals surface area contributed by atoms with Crippen LogP contribution in [0.4, 0.5) is 4.79 Å². The quantitative estimate of drug-likeness (QED) is 0.656. The standard InChI is InChI=1S/C11H19NO3.C2H6/c1-11(2,3)15-10(13)12-6-4-9-8(12)5-7-14-9;1-2/h8-9H,4-7H2,1-3H3;1-2H3. The van der Waals surface area contributed by atoms with E-state index in [1.807, 2.05) is 39.5 Å². The number of ether oxygens (including phenoxy) is 2. The molecule has 17 heavy (non-hydrogen) atoms. The lowest BCUT2D eigenvalue weighted by atomic mass is 10.1. The van der Waals surface area contributed by atoms with E-state index in [4.69, 9.17) is 9.47 Å². The fourth-order valence-electron chi connectivity index (χ4n) is 2.25. The van der Waals surface area contributed by atoms with Gasteiger partial charge in [-0.1, -0.05) is 13.8 Å². The monoisotopic (exact) mass is 243 g/mol. The van der Waals surface area contributed by atoms with E-state index in [-0.39, 0.29) is 18.2 Å². The second kappa shape index (κ2) is 5.71. The van der Waals surface area contributed by atoms with Crippen molar-refractivity contribution in [3.05, 3.63) is 0 Å². The van der Waals surface area contributed by atoms with Gasteiger partial charge in [0.25, 0.3) is 0 Å². The van der Waals surface area contributed by atoms with E-state index in [1.54, 1.807) is 0 Å². The van der Waals surface area contributed by atoms with E-state index in [9.17, 15) is 4.79 Å². The van der Waals surface area contributed by atoms with Gasteiger partial charge in [0.15, 0.2) is 0 Å². The molecule has 0 aromatic heterocycles. The highest BCUT2D eigenvalue weighted by Gasteiger charge is 2.42. The van der Waals surface area contributed by atoms with E-state index in [2.05, 4.69) is 0 Å². The van der Waals surface area contributed by atoms with Crippen LogP contribution >= 0.6 is 0 Å². The van der Waals surface area contributed by atoms with Crippen molar-refractivity contribution in [2.75, 3.05) is 13.2 Å². The third-order valence-electron chi connectivity index (χ3n) is 2.86. The Balaban J connectivity index is 0.000000686. The lowest BCUT2D eigenvalue weighted by molar-refractivity contribution is 0.0208. The highest BCUT2D eigenvalue weighted by atomic mass is 16.6. The second-order valence-electron chi connectivity index (χ2n) is 5.23. The van der Waals surface area contributed by atoms with Crippen LogP contribution in [-0.2, 0) is 9.47 Å². The van der Waals surface area contributed by atoms with Crippen LogP contribution in [0.15, 0.2) is 0 Å². The summed E-state index contributed by atoms with van der Waals surface area (Å²) in [6.45, 7) is 11.2. The average Bonchev–Trinajstić information content (AvgIpc) is 2.77. The van der Waals surface area contributed by atoms with Gasteiger partial charge >= 0.3 is 6.09 Å².